The van der Waals surface area contributed by atoms with Gasteiger partial charge in [-0.25, -0.2) is 0 Å². The van der Waals surface area contributed by atoms with E-state index in [4.69, 9.17) is 0 Å². The molecule has 0 bridgehead atoms. The quantitative estimate of drug-likeness (QED) is 0.309. The molecule has 2 atom stereocenters. The molecule has 132 valence electrons. The summed E-state index contributed by atoms with van der Waals surface area (Å²) in [5, 5.41) is 13.2. The van der Waals surface area contributed by atoms with Gasteiger partial charge in [-0.05, 0) is 31.2 Å². The van der Waals surface area contributed by atoms with Crippen LogP contribution in [0.25, 0.3) is 0 Å². The third-order valence-corrected chi connectivity index (χ3v) is 3.98. The Labute approximate surface area is 148 Å². The van der Waals surface area contributed by atoms with E-state index in [0.717, 1.165) is 19.3 Å². The molecule has 0 radical (unpaired) electrons. The molecule has 0 heterocycles. The topological polar surface area (TPSA) is 32.3 Å². The van der Waals surface area contributed by atoms with Crippen LogP contribution in [0.2, 0.25) is 0 Å². The second-order valence-corrected chi connectivity index (χ2v) is 6.18. The Kier molecular flexibility index (Phi) is 11.7. The molecule has 1 aromatic carbocycles. The minimum atomic E-state index is 0.0514. The molecule has 2 nitrogen and oxygen atoms in total. The van der Waals surface area contributed by atoms with Gasteiger partial charge >= 0.3 is 0 Å². The standard InChI is InChI=1S/C22H33NO/c1-3-5-6-7-8-9-13-17-21(14-4-2)23-22(19-24)18-20-15-11-10-12-16-20/h4,8-13,15-17,21-24H,2-3,5-7,14,18-19H2,1H3/b9-8+,17-13+/t21-,22-/m0/s1. The minimum Gasteiger partial charge on any atom is -0.395 e. The Balaban J connectivity index is 2.48. The van der Waals surface area contributed by atoms with E-state index in [2.05, 4.69) is 55.3 Å². The fourth-order valence-corrected chi connectivity index (χ4v) is 2.64. The molecule has 0 spiro atoms. The minimum absolute atomic E-state index is 0.0514. The van der Waals surface area contributed by atoms with Gasteiger partial charge in [-0.2, -0.15) is 0 Å². The fourth-order valence-electron chi connectivity index (χ4n) is 2.64. The van der Waals surface area contributed by atoms with Gasteiger partial charge in [0.25, 0.3) is 0 Å². The predicted octanol–water partition coefficient (Wildman–Crippen LogP) is 4.82. The summed E-state index contributed by atoms with van der Waals surface area (Å²) in [6.07, 6.45) is 17.2. The Bertz CT molecular complexity index is 478. The molecule has 0 aliphatic heterocycles. The molecule has 0 saturated carbocycles. The first-order valence-electron chi connectivity index (χ1n) is 9.15. The molecule has 0 fully saturated rings. The molecule has 0 aromatic heterocycles. The number of rotatable bonds is 13. The number of allylic oxidation sites excluding steroid dienone is 3. The Morgan fingerprint density at radius 2 is 1.96 bits per heavy atom. The summed E-state index contributed by atoms with van der Waals surface area (Å²) in [5.74, 6) is 0. The lowest BCUT2D eigenvalue weighted by atomic mass is 10.0. The predicted molar refractivity (Wildman–Crippen MR) is 105 cm³/mol. The molecule has 24 heavy (non-hydrogen) atoms. The highest BCUT2D eigenvalue weighted by atomic mass is 16.3. The van der Waals surface area contributed by atoms with Crippen molar-refractivity contribution in [2.75, 3.05) is 6.61 Å². The highest BCUT2D eigenvalue weighted by molar-refractivity contribution is 5.16. The molecule has 0 unspecified atom stereocenters. The van der Waals surface area contributed by atoms with Gasteiger partial charge in [0.2, 0.25) is 0 Å². The van der Waals surface area contributed by atoms with E-state index in [0.29, 0.717) is 0 Å². The molecule has 2 heteroatoms. The van der Waals surface area contributed by atoms with E-state index in [1.165, 1.54) is 24.8 Å². The van der Waals surface area contributed by atoms with Crippen LogP contribution in [0.15, 0.2) is 67.3 Å². The number of benzene rings is 1. The van der Waals surface area contributed by atoms with Gasteiger partial charge in [-0.1, -0.05) is 80.5 Å². The van der Waals surface area contributed by atoms with Gasteiger partial charge in [0.15, 0.2) is 0 Å². The van der Waals surface area contributed by atoms with Gasteiger partial charge < -0.3 is 10.4 Å². The number of hydrogen-bond donors (Lipinski definition) is 2. The highest BCUT2D eigenvalue weighted by Crippen LogP contribution is 2.06. The fraction of sp³-hybridized carbons (Fsp3) is 0.455. The molecule has 0 aliphatic carbocycles. The van der Waals surface area contributed by atoms with E-state index < -0.39 is 0 Å². The van der Waals surface area contributed by atoms with Crippen molar-refractivity contribution >= 4 is 0 Å². The van der Waals surface area contributed by atoms with E-state index in [-0.39, 0.29) is 18.7 Å². The van der Waals surface area contributed by atoms with Crippen LogP contribution >= 0.6 is 0 Å². The third kappa shape index (κ3) is 9.49. The normalized spacial score (nSPS) is 14.2. The van der Waals surface area contributed by atoms with Gasteiger partial charge in [-0.15, -0.1) is 6.58 Å². The Morgan fingerprint density at radius 3 is 2.62 bits per heavy atom. The maximum atomic E-state index is 9.67. The van der Waals surface area contributed by atoms with E-state index >= 15 is 0 Å². The van der Waals surface area contributed by atoms with Crippen molar-refractivity contribution in [1.29, 1.82) is 0 Å². The molecular weight excluding hydrogens is 294 g/mol. The maximum Gasteiger partial charge on any atom is 0.0588 e. The van der Waals surface area contributed by atoms with E-state index in [1.807, 2.05) is 24.3 Å². The Hall–Kier alpha value is -1.64. The van der Waals surface area contributed by atoms with Crippen molar-refractivity contribution < 1.29 is 5.11 Å². The van der Waals surface area contributed by atoms with Crippen LogP contribution in [0.3, 0.4) is 0 Å². The average molecular weight is 328 g/mol. The summed E-state index contributed by atoms with van der Waals surface area (Å²) in [4.78, 5) is 0. The summed E-state index contributed by atoms with van der Waals surface area (Å²) >= 11 is 0. The largest absolute Gasteiger partial charge is 0.395 e. The maximum absolute atomic E-state index is 9.67. The van der Waals surface area contributed by atoms with Crippen LogP contribution in [-0.2, 0) is 6.42 Å². The van der Waals surface area contributed by atoms with Gasteiger partial charge in [-0.3, -0.25) is 0 Å². The molecular formula is C22H33NO. The Morgan fingerprint density at radius 1 is 1.17 bits per heavy atom. The number of unbranched alkanes of at least 4 members (excludes halogenated alkanes) is 3. The van der Waals surface area contributed by atoms with E-state index in [9.17, 15) is 5.11 Å². The molecule has 1 aromatic rings. The zero-order chi connectivity index (χ0) is 17.5. The first kappa shape index (κ1) is 20.4. The summed E-state index contributed by atoms with van der Waals surface area (Å²) in [6, 6.07) is 10.5. The third-order valence-electron chi connectivity index (χ3n) is 3.98. The van der Waals surface area contributed by atoms with Crippen molar-refractivity contribution in [2.45, 2.75) is 57.5 Å². The van der Waals surface area contributed by atoms with Crippen molar-refractivity contribution in [3.05, 3.63) is 72.9 Å². The summed E-state index contributed by atoms with van der Waals surface area (Å²) in [6.45, 7) is 6.19. The molecule has 2 N–H and O–H groups in total. The molecule has 0 aliphatic rings. The molecule has 1 rings (SSSR count). The summed E-state index contributed by atoms with van der Waals surface area (Å²) in [5.41, 5.74) is 1.24. The zero-order valence-electron chi connectivity index (χ0n) is 15.0. The zero-order valence-corrected chi connectivity index (χ0v) is 15.0. The van der Waals surface area contributed by atoms with Crippen molar-refractivity contribution in [3.63, 3.8) is 0 Å². The lowest BCUT2D eigenvalue weighted by Crippen LogP contribution is -2.40. The number of hydrogen-bond acceptors (Lipinski definition) is 2. The first-order chi connectivity index (χ1) is 11.8. The van der Waals surface area contributed by atoms with Crippen LogP contribution in [0.5, 0.6) is 0 Å². The lowest BCUT2D eigenvalue weighted by molar-refractivity contribution is 0.236. The highest BCUT2D eigenvalue weighted by Gasteiger charge is 2.12. The van der Waals surface area contributed by atoms with Gasteiger partial charge in [0.05, 0.1) is 6.61 Å². The summed E-state index contributed by atoms with van der Waals surface area (Å²) < 4.78 is 0. The van der Waals surface area contributed by atoms with Crippen molar-refractivity contribution in [2.24, 2.45) is 0 Å². The monoisotopic (exact) mass is 327 g/mol. The number of nitrogens with one attached hydrogen (secondary N) is 1. The SMILES string of the molecule is C=CC[C@@H](/C=C/C=C/CCCCC)N[C@H](CO)Cc1ccccc1. The smallest absolute Gasteiger partial charge is 0.0588 e. The molecule has 0 amide bonds. The number of aliphatic hydroxyl groups excluding tert-OH is 1. The first-order valence-corrected chi connectivity index (χ1v) is 9.15. The van der Waals surface area contributed by atoms with E-state index in [1.54, 1.807) is 0 Å². The average Bonchev–Trinajstić information content (AvgIpc) is 2.61. The van der Waals surface area contributed by atoms with Crippen molar-refractivity contribution in [1.82, 2.24) is 5.32 Å². The number of aliphatic hydroxyl groups is 1. The summed E-state index contributed by atoms with van der Waals surface area (Å²) in [7, 11) is 0. The van der Waals surface area contributed by atoms with Crippen molar-refractivity contribution in [3.8, 4) is 0 Å². The second kappa shape index (κ2) is 13.8. The van der Waals surface area contributed by atoms with Crippen LogP contribution < -0.4 is 5.32 Å². The second-order valence-electron chi connectivity index (χ2n) is 6.18. The van der Waals surface area contributed by atoms with Crippen LogP contribution in [0.4, 0.5) is 0 Å². The lowest BCUT2D eigenvalue weighted by Gasteiger charge is -2.21. The van der Waals surface area contributed by atoms with Gasteiger partial charge in [0.1, 0.15) is 0 Å². The van der Waals surface area contributed by atoms with Gasteiger partial charge in [0, 0.05) is 12.1 Å². The van der Waals surface area contributed by atoms with Crippen LogP contribution in [0.1, 0.15) is 44.6 Å². The van der Waals surface area contributed by atoms with Crippen LogP contribution in [0, 0.1) is 0 Å². The molecule has 0 saturated heterocycles. The van der Waals surface area contributed by atoms with Crippen LogP contribution in [-0.4, -0.2) is 23.8 Å².